The van der Waals surface area contributed by atoms with Gasteiger partial charge in [0.2, 0.25) is 10.0 Å². The van der Waals surface area contributed by atoms with Crippen molar-refractivity contribution >= 4 is 44.8 Å². The predicted octanol–water partition coefficient (Wildman–Crippen LogP) is 2.53. The minimum Gasteiger partial charge on any atom is -0.340 e. The third-order valence-electron chi connectivity index (χ3n) is 2.74. The summed E-state index contributed by atoms with van der Waals surface area (Å²) in [5, 5.41) is 8.07. The van der Waals surface area contributed by atoms with Crippen LogP contribution in [0.3, 0.4) is 0 Å². The van der Waals surface area contributed by atoms with Crippen LogP contribution in [0.2, 0.25) is 10.2 Å². The van der Waals surface area contributed by atoms with Crippen molar-refractivity contribution in [3.8, 4) is 0 Å². The molecule has 2 aromatic rings. The zero-order valence-electron chi connectivity index (χ0n) is 10.8. The maximum absolute atomic E-state index is 12.0. The van der Waals surface area contributed by atoms with E-state index in [9.17, 15) is 13.2 Å². The van der Waals surface area contributed by atoms with Gasteiger partial charge >= 0.3 is 0 Å². The molecular formula is C12H11Cl2N3O3S. The standard InChI is InChI=1S/C12H11Cl2N3O3S/c1-6-4-7(21(15,19)20)2-3-9(6)17-12(18)10-5-8(13)11(14)16-10/h2-5,16H,1H3,(H,17,18)(H2,15,19,20). The van der Waals surface area contributed by atoms with Gasteiger partial charge in [0.1, 0.15) is 10.8 Å². The zero-order valence-corrected chi connectivity index (χ0v) is 13.1. The van der Waals surface area contributed by atoms with E-state index in [1.165, 1.54) is 24.3 Å². The van der Waals surface area contributed by atoms with Crippen molar-refractivity contribution in [2.75, 3.05) is 5.32 Å². The monoisotopic (exact) mass is 347 g/mol. The van der Waals surface area contributed by atoms with Crippen LogP contribution >= 0.6 is 23.2 Å². The zero-order chi connectivity index (χ0) is 15.8. The number of carbonyl (C=O) groups is 1. The van der Waals surface area contributed by atoms with Crippen LogP contribution in [0.15, 0.2) is 29.2 Å². The Morgan fingerprint density at radius 3 is 2.43 bits per heavy atom. The van der Waals surface area contributed by atoms with Crippen molar-refractivity contribution in [3.63, 3.8) is 0 Å². The number of halogens is 2. The summed E-state index contributed by atoms with van der Waals surface area (Å²) in [7, 11) is -3.78. The lowest BCUT2D eigenvalue weighted by Gasteiger charge is -2.08. The van der Waals surface area contributed by atoms with E-state index in [1.807, 2.05) is 0 Å². The van der Waals surface area contributed by atoms with Crippen molar-refractivity contribution in [2.24, 2.45) is 5.14 Å². The number of primary sulfonamides is 1. The average Bonchev–Trinajstić information content (AvgIpc) is 2.71. The number of nitrogens with two attached hydrogens (primary N) is 1. The highest BCUT2D eigenvalue weighted by Crippen LogP contribution is 2.23. The third-order valence-corrected chi connectivity index (χ3v) is 4.35. The summed E-state index contributed by atoms with van der Waals surface area (Å²) < 4.78 is 22.5. The van der Waals surface area contributed by atoms with Gasteiger partial charge in [0, 0.05) is 5.69 Å². The van der Waals surface area contributed by atoms with Gasteiger partial charge in [-0.25, -0.2) is 13.6 Å². The Hall–Kier alpha value is -1.54. The maximum atomic E-state index is 12.0. The van der Waals surface area contributed by atoms with Gasteiger partial charge in [-0.2, -0.15) is 0 Å². The van der Waals surface area contributed by atoms with Crippen molar-refractivity contribution in [1.82, 2.24) is 4.98 Å². The third kappa shape index (κ3) is 3.56. The number of hydrogen-bond acceptors (Lipinski definition) is 3. The lowest BCUT2D eigenvalue weighted by Crippen LogP contribution is -2.15. The minimum absolute atomic E-state index is 0.0241. The molecule has 1 aromatic heterocycles. The molecule has 112 valence electrons. The number of hydrogen-bond donors (Lipinski definition) is 3. The van der Waals surface area contributed by atoms with Gasteiger partial charge in [-0.15, -0.1) is 0 Å². The Balaban J connectivity index is 2.26. The van der Waals surface area contributed by atoms with Crippen LogP contribution in [0.1, 0.15) is 16.1 Å². The molecule has 6 nitrogen and oxygen atoms in total. The highest BCUT2D eigenvalue weighted by Gasteiger charge is 2.14. The van der Waals surface area contributed by atoms with Gasteiger partial charge < -0.3 is 10.3 Å². The highest BCUT2D eigenvalue weighted by atomic mass is 35.5. The number of rotatable bonds is 3. The molecule has 0 radical (unpaired) electrons. The summed E-state index contributed by atoms with van der Waals surface area (Å²) in [4.78, 5) is 14.6. The molecule has 0 aliphatic carbocycles. The first-order chi connectivity index (χ1) is 9.68. The number of benzene rings is 1. The van der Waals surface area contributed by atoms with E-state index < -0.39 is 15.9 Å². The number of amides is 1. The predicted molar refractivity (Wildman–Crippen MR) is 81.3 cm³/mol. The van der Waals surface area contributed by atoms with Crippen molar-refractivity contribution in [1.29, 1.82) is 0 Å². The second-order valence-corrected chi connectivity index (χ2v) is 6.67. The van der Waals surface area contributed by atoms with Crippen molar-refractivity contribution < 1.29 is 13.2 Å². The SMILES string of the molecule is Cc1cc(S(N)(=O)=O)ccc1NC(=O)c1cc(Cl)c(Cl)[nH]1. The first-order valence-corrected chi connectivity index (χ1v) is 7.97. The number of aromatic nitrogens is 1. The van der Waals surface area contributed by atoms with Gasteiger partial charge in [-0.1, -0.05) is 23.2 Å². The normalized spacial score (nSPS) is 11.4. The van der Waals surface area contributed by atoms with E-state index in [0.29, 0.717) is 11.3 Å². The second kappa shape index (κ2) is 5.69. The topological polar surface area (TPSA) is 105 Å². The van der Waals surface area contributed by atoms with Gasteiger partial charge in [-0.05, 0) is 36.8 Å². The van der Waals surface area contributed by atoms with Crippen LogP contribution in [-0.4, -0.2) is 19.3 Å². The van der Waals surface area contributed by atoms with Crippen molar-refractivity contribution in [3.05, 3.63) is 45.7 Å². The van der Waals surface area contributed by atoms with Crippen LogP contribution in [0, 0.1) is 6.92 Å². The fourth-order valence-electron chi connectivity index (χ4n) is 1.67. The van der Waals surface area contributed by atoms with Crippen LogP contribution < -0.4 is 10.5 Å². The molecule has 0 saturated heterocycles. The van der Waals surface area contributed by atoms with Crippen LogP contribution in [0.4, 0.5) is 5.69 Å². The van der Waals surface area contributed by atoms with Crippen molar-refractivity contribution in [2.45, 2.75) is 11.8 Å². The molecule has 1 amide bonds. The Kier molecular flexibility index (Phi) is 4.29. The molecule has 0 aliphatic heterocycles. The van der Waals surface area contributed by atoms with Gasteiger partial charge in [-0.3, -0.25) is 4.79 Å². The summed E-state index contributed by atoms with van der Waals surface area (Å²) in [5.41, 5.74) is 1.20. The average molecular weight is 348 g/mol. The summed E-state index contributed by atoms with van der Waals surface area (Å²) >= 11 is 11.5. The molecule has 0 bridgehead atoms. The maximum Gasteiger partial charge on any atom is 0.272 e. The summed E-state index contributed by atoms with van der Waals surface area (Å²) in [5.74, 6) is -0.449. The van der Waals surface area contributed by atoms with Gasteiger partial charge in [0.05, 0.1) is 9.92 Å². The summed E-state index contributed by atoms with van der Waals surface area (Å²) in [6.45, 7) is 1.65. The van der Waals surface area contributed by atoms with E-state index in [4.69, 9.17) is 28.3 Å². The number of nitrogens with one attached hydrogen (secondary N) is 2. The number of H-pyrrole nitrogens is 1. The Morgan fingerprint density at radius 2 is 1.95 bits per heavy atom. The molecule has 0 atom stereocenters. The largest absolute Gasteiger partial charge is 0.340 e. The molecule has 0 spiro atoms. The van der Waals surface area contributed by atoms with Crippen LogP contribution in [-0.2, 0) is 10.0 Å². The van der Waals surface area contributed by atoms with E-state index >= 15 is 0 Å². The quantitative estimate of drug-likeness (QED) is 0.794. The first-order valence-electron chi connectivity index (χ1n) is 5.67. The molecule has 21 heavy (non-hydrogen) atoms. The molecule has 0 saturated carbocycles. The first kappa shape index (κ1) is 15.8. The van der Waals surface area contributed by atoms with Gasteiger partial charge in [0.15, 0.2) is 0 Å². The molecule has 0 fully saturated rings. The molecule has 9 heteroatoms. The van der Waals surface area contributed by atoms with Crippen LogP contribution in [0.5, 0.6) is 0 Å². The smallest absolute Gasteiger partial charge is 0.272 e. The molecule has 1 heterocycles. The summed E-state index contributed by atoms with van der Waals surface area (Å²) in [6, 6.07) is 5.54. The van der Waals surface area contributed by atoms with E-state index in [1.54, 1.807) is 6.92 Å². The van der Waals surface area contributed by atoms with Crippen LogP contribution in [0.25, 0.3) is 0 Å². The Labute approximate surface area is 131 Å². The number of anilines is 1. The fourth-order valence-corrected chi connectivity index (χ4v) is 2.58. The molecule has 2 rings (SSSR count). The van der Waals surface area contributed by atoms with E-state index in [2.05, 4.69) is 10.3 Å². The molecule has 0 unspecified atom stereocenters. The molecule has 4 N–H and O–H groups in total. The number of aryl methyl sites for hydroxylation is 1. The lowest BCUT2D eigenvalue weighted by atomic mass is 10.2. The minimum atomic E-state index is -3.78. The van der Waals surface area contributed by atoms with E-state index in [0.717, 1.165) is 0 Å². The Bertz CT molecular complexity index is 796. The molecule has 0 aliphatic rings. The second-order valence-electron chi connectivity index (χ2n) is 4.32. The summed E-state index contributed by atoms with van der Waals surface area (Å²) in [6.07, 6.45) is 0. The number of carbonyl (C=O) groups excluding carboxylic acids is 1. The lowest BCUT2D eigenvalue weighted by molar-refractivity contribution is 0.102. The number of sulfonamides is 1. The molecular weight excluding hydrogens is 337 g/mol. The van der Waals surface area contributed by atoms with E-state index in [-0.39, 0.29) is 20.8 Å². The van der Waals surface area contributed by atoms with Gasteiger partial charge in [0.25, 0.3) is 5.91 Å². The Morgan fingerprint density at radius 1 is 1.29 bits per heavy atom. The molecule has 1 aromatic carbocycles. The number of aromatic amines is 1. The highest BCUT2D eigenvalue weighted by molar-refractivity contribution is 7.89. The fraction of sp³-hybridized carbons (Fsp3) is 0.0833.